The van der Waals surface area contributed by atoms with E-state index in [1.54, 1.807) is 12.1 Å². The van der Waals surface area contributed by atoms with Gasteiger partial charge in [-0.25, -0.2) is 0 Å². The van der Waals surface area contributed by atoms with E-state index in [-0.39, 0.29) is 0 Å². The first kappa shape index (κ1) is 28.8. The Hall–Kier alpha value is -7.39. The first-order valence-corrected chi connectivity index (χ1v) is 16.3. The summed E-state index contributed by atoms with van der Waals surface area (Å²) in [7, 11) is 0. The number of benzene rings is 7. The van der Waals surface area contributed by atoms with Crippen LogP contribution in [0.3, 0.4) is 0 Å². The Bertz CT molecular complexity index is 2920. The number of para-hydroxylation sites is 3. The number of fused-ring (bicyclic) bond motifs is 6. The molecule has 0 spiro atoms. The second-order valence-electron chi connectivity index (χ2n) is 12.3. The summed E-state index contributed by atoms with van der Waals surface area (Å²) in [5.74, 6) is 0. The molecule has 0 aliphatic rings. The molecule has 2 aromatic heterocycles. The summed E-state index contributed by atoms with van der Waals surface area (Å²) in [4.78, 5) is 0. The molecule has 0 bridgehead atoms. The molecule has 0 unspecified atom stereocenters. The molecule has 5 heteroatoms. The Kier molecular flexibility index (Phi) is 6.56. The summed E-state index contributed by atoms with van der Waals surface area (Å²) in [5.41, 5.74) is 11.3. The summed E-state index contributed by atoms with van der Waals surface area (Å²) in [5, 5.41) is 34.2. The molecule has 0 saturated heterocycles. The lowest BCUT2D eigenvalue weighted by molar-refractivity contribution is 1.17. The van der Waals surface area contributed by atoms with Gasteiger partial charge >= 0.3 is 0 Å². The zero-order chi connectivity index (χ0) is 33.8. The molecule has 230 valence electrons. The molecule has 50 heavy (non-hydrogen) atoms. The lowest BCUT2D eigenvalue weighted by Crippen LogP contribution is -1.99. The minimum Gasteiger partial charge on any atom is -0.309 e. The monoisotopic (exact) mass is 635 g/mol. The lowest BCUT2D eigenvalue weighted by atomic mass is 9.92. The van der Waals surface area contributed by atoms with E-state index in [9.17, 15) is 15.8 Å². The van der Waals surface area contributed by atoms with E-state index in [1.165, 1.54) is 10.8 Å². The van der Waals surface area contributed by atoms with E-state index in [4.69, 9.17) is 0 Å². The first-order valence-electron chi connectivity index (χ1n) is 16.3. The molecule has 0 radical (unpaired) electrons. The third-order valence-electron chi connectivity index (χ3n) is 9.65. The summed E-state index contributed by atoms with van der Waals surface area (Å²) in [6, 6.07) is 58.0. The fourth-order valence-corrected chi connectivity index (χ4v) is 7.53. The van der Waals surface area contributed by atoms with Crippen LogP contribution in [0.15, 0.2) is 152 Å². The largest absolute Gasteiger partial charge is 0.309 e. The molecule has 7 aromatic carbocycles. The summed E-state index contributed by atoms with van der Waals surface area (Å²) in [6.45, 7) is 0. The van der Waals surface area contributed by atoms with Crippen molar-refractivity contribution in [2.75, 3.05) is 0 Å². The second-order valence-corrected chi connectivity index (χ2v) is 12.3. The molecular weight excluding hydrogens is 611 g/mol. The van der Waals surface area contributed by atoms with Crippen LogP contribution in [0, 0.1) is 34.0 Å². The molecule has 0 amide bonds. The van der Waals surface area contributed by atoms with Crippen LogP contribution >= 0.6 is 0 Å². The van der Waals surface area contributed by atoms with Gasteiger partial charge in [-0.3, -0.25) is 0 Å². The number of rotatable bonds is 4. The third kappa shape index (κ3) is 4.24. The molecule has 0 aliphatic heterocycles. The molecule has 5 nitrogen and oxygen atoms in total. The molecule has 0 fully saturated rings. The van der Waals surface area contributed by atoms with Crippen molar-refractivity contribution in [2.24, 2.45) is 0 Å². The Morgan fingerprint density at radius 2 is 0.980 bits per heavy atom. The van der Waals surface area contributed by atoms with Crippen molar-refractivity contribution in [1.82, 2.24) is 9.13 Å². The van der Waals surface area contributed by atoms with Crippen molar-refractivity contribution in [3.8, 4) is 51.8 Å². The number of nitriles is 3. The Labute approximate surface area is 287 Å². The van der Waals surface area contributed by atoms with E-state index in [2.05, 4.69) is 120 Å². The van der Waals surface area contributed by atoms with Crippen LogP contribution in [-0.4, -0.2) is 9.13 Å². The van der Waals surface area contributed by atoms with Crippen LogP contribution in [0.4, 0.5) is 0 Å². The zero-order valence-electron chi connectivity index (χ0n) is 26.7. The van der Waals surface area contributed by atoms with Crippen LogP contribution < -0.4 is 0 Å². The van der Waals surface area contributed by atoms with Gasteiger partial charge in [0.05, 0.1) is 62.3 Å². The quantitative estimate of drug-likeness (QED) is 0.193. The highest BCUT2D eigenvalue weighted by molar-refractivity contribution is 6.12. The van der Waals surface area contributed by atoms with Crippen LogP contribution in [0.1, 0.15) is 16.7 Å². The molecule has 9 aromatic rings. The molecule has 0 saturated carbocycles. The van der Waals surface area contributed by atoms with E-state index in [0.29, 0.717) is 22.4 Å². The van der Waals surface area contributed by atoms with Gasteiger partial charge in [0.15, 0.2) is 0 Å². The first-order chi connectivity index (χ1) is 24.7. The summed E-state index contributed by atoms with van der Waals surface area (Å²) in [6.07, 6.45) is 0. The predicted molar refractivity (Wildman–Crippen MR) is 200 cm³/mol. The molecule has 0 atom stereocenters. The van der Waals surface area contributed by atoms with Crippen molar-refractivity contribution in [2.45, 2.75) is 0 Å². The van der Waals surface area contributed by atoms with Crippen LogP contribution in [-0.2, 0) is 0 Å². The van der Waals surface area contributed by atoms with Crippen molar-refractivity contribution in [3.05, 3.63) is 168 Å². The van der Waals surface area contributed by atoms with Gasteiger partial charge in [0.2, 0.25) is 0 Å². The van der Waals surface area contributed by atoms with Gasteiger partial charge in [-0.1, -0.05) is 91.0 Å². The standard InChI is InChI=1S/C45H25N5/c46-26-29-20-22-43-38(24-29)45-31(27-47)10-9-19-44(45)49(43)39-23-21-30(25-32(39)28-48)33-11-1-2-12-34(33)35-13-3-6-16-40(35)50-41-17-7-4-14-36(41)37-15-5-8-18-42(37)50/h1-25H. The Morgan fingerprint density at radius 1 is 0.380 bits per heavy atom. The average molecular weight is 636 g/mol. The number of aromatic nitrogens is 2. The van der Waals surface area contributed by atoms with Crippen LogP contribution in [0.2, 0.25) is 0 Å². The molecule has 2 heterocycles. The zero-order valence-corrected chi connectivity index (χ0v) is 26.7. The fourth-order valence-electron chi connectivity index (χ4n) is 7.53. The minimum atomic E-state index is 0.499. The summed E-state index contributed by atoms with van der Waals surface area (Å²) >= 11 is 0. The van der Waals surface area contributed by atoms with Gasteiger partial charge in [0.1, 0.15) is 6.07 Å². The topological polar surface area (TPSA) is 81.2 Å². The lowest BCUT2D eigenvalue weighted by Gasteiger charge is -2.17. The molecule has 0 aliphatic carbocycles. The van der Waals surface area contributed by atoms with Gasteiger partial charge in [-0.05, 0) is 77.4 Å². The normalized spacial score (nSPS) is 11.1. The number of hydrogen-bond donors (Lipinski definition) is 0. The predicted octanol–water partition coefficient (Wildman–Crippen LogP) is 10.8. The molecule has 9 rings (SSSR count). The van der Waals surface area contributed by atoms with Crippen molar-refractivity contribution in [1.29, 1.82) is 15.8 Å². The van der Waals surface area contributed by atoms with Crippen LogP contribution in [0.5, 0.6) is 0 Å². The Balaban J connectivity index is 1.25. The maximum absolute atomic E-state index is 10.6. The Morgan fingerprint density at radius 3 is 1.70 bits per heavy atom. The maximum Gasteiger partial charge on any atom is 0.101 e. The van der Waals surface area contributed by atoms with Gasteiger partial charge in [0.25, 0.3) is 0 Å². The summed E-state index contributed by atoms with van der Waals surface area (Å²) < 4.78 is 4.37. The average Bonchev–Trinajstić information content (AvgIpc) is 3.70. The molecular formula is C45H25N5. The van der Waals surface area contributed by atoms with Gasteiger partial charge in [-0.15, -0.1) is 0 Å². The van der Waals surface area contributed by atoms with Crippen molar-refractivity contribution < 1.29 is 0 Å². The second kappa shape index (κ2) is 11.4. The number of nitrogens with zero attached hydrogens (tertiary/aromatic N) is 5. The maximum atomic E-state index is 10.6. The highest BCUT2D eigenvalue weighted by Crippen LogP contribution is 2.41. The highest BCUT2D eigenvalue weighted by atomic mass is 15.0. The highest BCUT2D eigenvalue weighted by Gasteiger charge is 2.20. The number of hydrogen-bond acceptors (Lipinski definition) is 3. The minimum absolute atomic E-state index is 0.499. The van der Waals surface area contributed by atoms with Crippen molar-refractivity contribution in [3.63, 3.8) is 0 Å². The van der Waals surface area contributed by atoms with Gasteiger partial charge in [-0.2, -0.15) is 15.8 Å². The smallest absolute Gasteiger partial charge is 0.101 e. The molecule has 0 N–H and O–H groups in total. The van der Waals surface area contributed by atoms with Crippen LogP contribution in [0.25, 0.3) is 77.2 Å². The van der Waals surface area contributed by atoms with E-state index < -0.39 is 0 Å². The van der Waals surface area contributed by atoms with E-state index >= 15 is 0 Å². The third-order valence-corrected chi connectivity index (χ3v) is 9.65. The van der Waals surface area contributed by atoms with Gasteiger partial charge in [0, 0.05) is 27.1 Å². The van der Waals surface area contributed by atoms with Crippen molar-refractivity contribution >= 4 is 43.6 Å². The van der Waals surface area contributed by atoms with Gasteiger partial charge < -0.3 is 9.13 Å². The van der Waals surface area contributed by atoms with E-state index in [1.807, 2.05) is 47.0 Å². The SMILES string of the molecule is N#Cc1ccc2c(c1)c1c(C#N)cccc1n2-c1ccc(-c2ccccc2-c2ccccc2-n2c3ccccc3c3ccccc32)cc1C#N. The fraction of sp³-hybridized carbons (Fsp3) is 0. The van der Waals surface area contributed by atoms with E-state index in [0.717, 1.165) is 60.8 Å².